The van der Waals surface area contributed by atoms with Gasteiger partial charge in [0.25, 0.3) is 0 Å². The molecule has 0 amide bonds. The molecule has 0 fully saturated rings. The van der Waals surface area contributed by atoms with Crippen LogP contribution in [0.5, 0.6) is 5.75 Å². The molecular formula is C15H12BrClO2. The van der Waals surface area contributed by atoms with E-state index in [1.807, 2.05) is 30.3 Å². The van der Waals surface area contributed by atoms with Gasteiger partial charge in [-0.3, -0.25) is 0 Å². The van der Waals surface area contributed by atoms with E-state index in [2.05, 4.69) is 15.9 Å². The molecule has 0 bridgehead atoms. The van der Waals surface area contributed by atoms with Crippen LogP contribution in [0.2, 0.25) is 5.02 Å². The summed E-state index contributed by atoms with van der Waals surface area (Å²) < 4.78 is 6.96. The van der Waals surface area contributed by atoms with Crippen LogP contribution in [-0.2, 0) is 0 Å². The standard InChI is InChI=1S/C15H12BrClO2/c16-10-3-1-2-9(6-10)15-8-13(18)12-7-11(17)4-5-14(12)19-15/h1-7,13,15,18H,8H2/t13-,15?/m1/s1. The number of aliphatic hydroxyl groups excluding tert-OH is 1. The van der Waals surface area contributed by atoms with Crippen LogP contribution in [-0.4, -0.2) is 5.11 Å². The molecular weight excluding hydrogens is 328 g/mol. The number of hydrogen-bond donors (Lipinski definition) is 1. The second kappa shape index (κ2) is 5.16. The molecule has 0 spiro atoms. The van der Waals surface area contributed by atoms with Gasteiger partial charge in [0.15, 0.2) is 0 Å². The summed E-state index contributed by atoms with van der Waals surface area (Å²) in [6.07, 6.45) is -0.156. The summed E-state index contributed by atoms with van der Waals surface area (Å²) in [6, 6.07) is 13.3. The molecule has 1 unspecified atom stereocenters. The minimum Gasteiger partial charge on any atom is -0.485 e. The van der Waals surface area contributed by atoms with Crippen molar-refractivity contribution in [2.75, 3.05) is 0 Å². The van der Waals surface area contributed by atoms with Crippen molar-refractivity contribution in [1.29, 1.82) is 0 Å². The molecule has 2 atom stereocenters. The highest BCUT2D eigenvalue weighted by atomic mass is 79.9. The van der Waals surface area contributed by atoms with Crippen LogP contribution in [0.4, 0.5) is 0 Å². The first-order valence-electron chi connectivity index (χ1n) is 6.03. The van der Waals surface area contributed by atoms with Gasteiger partial charge in [-0.15, -0.1) is 0 Å². The van der Waals surface area contributed by atoms with E-state index < -0.39 is 6.10 Å². The number of rotatable bonds is 1. The van der Waals surface area contributed by atoms with Gasteiger partial charge in [0, 0.05) is 21.5 Å². The van der Waals surface area contributed by atoms with Crippen LogP contribution in [0.15, 0.2) is 46.9 Å². The Balaban J connectivity index is 1.95. The maximum atomic E-state index is 10.2. The van der Waals surface area contributed by atoms with Crippen LogP contribution >= 0.6 is 27.5 Å². The second-order valence-electron chi connectivity index (χ2n) is 4.60. The third-order valence-corrected chi connectivity index (χ3v) is 3.99. The molecule has 2 nitrogen and oxygen atoms in total. The maximum Gasteiger partial charge on any atom is 0.127 e. The van der Waals surface area contributed by atoms with Crippen molar-refractivity contribution in [2.45, 2.75) is 18.6 Å². The first-order valence-corrected chi connectivity index (χ1v) is 7.20. The Morgan fingerprint density at radius 2 is 2.05 bits per heavy atom. The van der Waals surface area contributed by atoms with Crippen molar-refractivity contribution in [2.24, 2.45) is 0 Å². The zero-order valence-electron chi connectivity index (χ0n) is 10.0. The van der Waals surface area contributed by atoms with E-state index in [0.717, 1.165) is 15.6 Å². The van der Waals surface area contributed by atoms with Crippen LogP contribution in [0.25, 0.3) is 0 Å². The van der Waals surface area contributed by atoms with E-state index in [0.29, 0.717) is 17.2 Å². The lowest BCUT2D eigenvalue weighted by atomic mass is 9.95. The van der Waals surface area contributed by atoms with E-state index in [4.69, 9.17) is 16.3 Å². The number of hydrogen-bond acceptors (Lipinski definition) is 2. The predicted octanol–water partition coefficient (Wildman–Crippen LogP) is 4.66. The minimum atomic E-state index is -0.550. The largest absolute Gasteiger partial charge is 0.485 e. The van der Waals surface area contributed by atoms with Crippen molar-refractivity contribution in [3.8, 4) is 5.75 Å². The number of fused-ring (bicyclic) bond motifs is 1. The third-order valence-electron chi connectivity index (χ3n) is 3.26. The van der Waals surface area contributed by atoms with Crippen LogP contribution in [0, 0.1) is 0 Å². The van der Waals surface area contributed by atoms with Crippen molar-refractivity contribution in [3.63, 3.8) is 0 Å². The summed E-state index contributed by atoms with van der Waals surface area (Å²) in [5.74, 6) is 0.702. The smallest absolute Gasteiger partial charge is 0.127 e. The molecule has 1 N–H and O–H groups in total. The number of halogens is 2. The summed E-state index contributed by atoms with van der Waals surface area (Å²) in [7, 11) is 0. The maximum absolute atomic E-state index is 10.2. The van der Waals surface area contributed by atoms with Crippen molar-refractivity contribution < 1.29 is 9.84 Å². The van der Waals surface area contributed by atoms with Crippen LogP contribution < -0.4 is 4.74 Å². The summed E-state index contributed by atoms with van der Waals surface area (Å²) >= 11 is 9.39. The Hall–Kier alpha value is -1.03. The number of ether oxygens (including phenoxy) is 1. The highest BCUT2D eigenvalue weighted by molar-refractivity contribution is 9.10. The van der Waals surface area contributed by atoms with Crippen molar-refractivity contribution in [1.82, 2.24) is 0 Å². The molecule has 0 radical (unpaired) electrons. The lowest BCUT2D eigenvalue weighted by Gasteiger charge is -2.30. The van der Waals surface area contributed by atoms with E-state index in [9.17, 15) is 5.11 Å². The predicted molar refractivity (Wildman–Crippen MR) is 78.5 cm³/mol. The van der Waals surface area contributed by atoms with Crippen LogP contribution in [0.1, 0.15) is 29.8 Å². The molecule has 2 aromatic carbocycles. The van der Waals surface area contributed by atoms with E-state index in [1.165, 1.54) is 0 Å². The van der Waals surface area contributed by atoms with Gasteiger partial charge in [0.2, 0.25) is 0 Å². The minimum absolute atomic E-state index is 0.138. The Morgan fingerprint density at radius 1 is 1.21 bits per heavy atom. The monoisotopic (exact) mass is 338 g/mol. The van der Waals surface area contributed by atoms with Gasteiger partial charge >= 0.3 is 0 Å². The van der Waals surface area contributed by atoms with Gasteiger partial charge in [-0.25, -0.2) is 0 Å². The molecule has 0 aromatic heterocycles. The van der Waals surface area contributed by atoms with E-state index in [-0.39, 0.29) is 6.10 Å². The molecule has 98 valence electrons. The average molecular weight is 340 g/mol. The fourth-order valence-corrected chi connectivity index (χ4v) is 2.93. The molecule has 19 heavy (non-hydrogen) atoms. The summed E-state index contributed by atoms with van der Waals surface area (Å²) in [4.78, 5) is 0. The van der Waals surface area contributed by atoms with Crippen molar-refractivity contribution in [3.05, 3.63) is 63.1 Å². The molecule has 3 rings (SSSR count). The Morgan fingerprint density at radius 3 is 2.84 bits per heavy atom. The van der Waals surface area contributed by atoms with Gasteiger partial charge < -0.3 is 9.84 Å². The zero-order valence-corrected chi connectivity index (χ0v) is 12.4. The van der Waals surface area contributed by atoms with Gasteiger partial charge in [-0.1, -0.05) is 39.7 Å². The van der Waals surface area contributed by atoms with Gasteiger partial charge in [0.05, 0.1) is 6.10 Å². The Bertz CT molecular complexity index is 615. The Kier molecular flexibility index (Phi) is 3.52. The summed E-state index contributed by atoms with van der Waals surface area (Å²) in [5.41, 5.74) is 1.81. The lowest BCUT2D eigenvalue weighted by Crippen LogP contribution is -2.19. The fraction of sp³-hybridized carbons (Fsp3) is 0.200. The molecule has 1 aliphatic rings. The lowest BCUT2D eigenvalue weighted by molar-refractivity contribution is 0.0657. The molecule has 1 aliphatic heterocycles. The zero-order chi connectivity index (χ0) is 13.4. The molecule has 0 saturated carbocycles. The van der Waals surface area contributed by atoms with Gasteiger partial charge in [-0.2, -0.15) is 0 Å². The number of aliphatic hydroxyl groups is 1. The van der Waals surface area contributed by atoms with E-state index in [1.54, 1.807) is 12.1 Å². The SMILES string of the molecule is O[C@@H]1CC(c2cccc(Br)c2)Oc2ccc(Cl)cc21. The first-order chi connectivity index (χ1) is 9.13. The highest BCUT2D eigenvalue weighted by Gasteiger charge is 2.28. The molecule has 4 heteroatoms. The molecule has 2 aromatic rings. The summed E-state index contributed by atoms with van der Waals surface area (Å²) in [6.45, 7) is 0. The van der Waals surface area contributed by atoms with Crippen LogP contribution in [0.3, 0.4) is 0 Å². The first kappa shape index (κ1) is 13.0. The van der Waals surface area contributed by atoms with Crippen molar-refractivity contribution >= 4 is 27.5 Å². The third kappa shape index (κ3) is 2.64. The molecule has 0 saturated heterocycles. The average Bonchev–Trinajstić information content (AvgIpc) is 2.39. The highest BCUT2D eigenvalue weighted by Crippen LogP contribution is 2.41. The Labute approximate surface area is 125 Å². The fourth-order valence-electron chi connectivity index (χ4n) is 2.33. The van der Waals surface area contributed by atoms with Gasteiger partial charge in [-0.05, 0) is 35.9 Å². The normalized spacial score (nSPS) is 21.6. The topological polar surface area (TPSA) is 29.5 Å². The molecule has 1 heterocycles. The second-order valence-corrected chi connectivity index (χ2v) is 5.95. The molecule has 0 aliphatic carbocycles. The van der Waals surface area contributed by atoms with E-state index >= 15 is 0 Å². The quantitative estimate of drug-likeness (QED) is 0.819. The summed E-state index contributed by atoms with van der Waals surface area (Å²) in [5, 5.41) is 10.8. The number of benzene rings is 2. The van der Waals surface area contributed by atoms with Gasteiger partial charge in [0.1, 0.15) is 11.9 Å².